The molecule has 0 radical (unpaired) electrons. The lowest BCUT2D eigenvalue weighted by atomic mass is 10.2. The molecule has 0 heterocycles. The molecular weight excluding hydrogens is 256 g/mol. The third-order valence-electron chi connectivity index (χ3n) is 2.24. The fraction of sp³-hybridized carbons (Fsp3) is 0.385. The van der Waals surface area contributed by atoms with E-state index in [1.54, 1.807) is 18.2 Å². The monoisotopic (exact) mass is 270 g/mol. The van der Waals surface area contributed by atoms with Crippen LogP contribution in [0.15, 0.2) is 18.2 Å². The molecule has 18 heavy (non-hydrogen) atoms. The van der Waals surface area contributed by atoms with Crippen LogP contribution in [0, 0.1) is 0 Å². The summed E-state index contributed by atoms with van der Waals surface area (Å²) < 4.78 is 10.1. The molecule has 4 nitrogen and oxygen atoms in total. The molecule has 0 atom stereocenters. The third kappa shape index (κ3) is 4.37. The molecule has 0 saturated heterocycles. The van der Waals surface area contributed by atoms with E-state index < -0.39 is 5.97 Å². The number of carbonyl (C=O) groups excluding carboxylic acids is 2. The van der Waals surface area contributed by atoms with Gasteiger partial charge in [-0.2, -0.15) is 0 Å². The molecule has 98 valence electrons. The maximum atomic E-state index is 11.3. The highest BCUT2D eigenvalue weighted by Gasteiger charge is 2.09. The summed E-state index contributed by atoms with van der Waals surface area (Å²) in [6, 6.07) is 4.81. The molecule has 1 aromatic rings. The number of rotatable bonds is 7. The van der Waals surface area contributed by atoms with E-state index in [-0.39, 0.29) is 17.9 Å². The zero-order valence-corrected chi connectivity index (χ0v) is 10.9. The van der Waals surface area contributed by atoms with Crippen LogP contribution in [0.5, 0.6) is 5.75 Å². The van der Waals surface area contributed by atoms with Crippen molar-refractivity contribution in [1.82, 2.24) is 0 Å². The number of carbonyl (C=O) groups is 2. The predicted molar refractivity (Wildman–Crippen MR) is 68.2 cm³/mol. The largest absolute Gasteiger partial charge is 0.481 e. The summed E-state index contributed by atoms with van der Waals surface area (Å²) in [4.78, 5) is 22.1. The second-order valence-corrected chi connectivity index (χ2v) is 4.04. The van der Waals surface area contributed by atoms with Crippen LogP contribution in [0.25, 0.3) is 0 Å². The van der Waals surface area contributed by atoms with Crippen molar-refractivity contribution in [3.63, 3.8) is 0 Å². The Morgan fingerprint density at radius 2 is 2.22 bits per heavy atom. The van der Waals surface area contributed by atoms with E-state index in [4.69, 9.17) is 21.1 Å². The van der Waals surface area contributed by atoms with Gasteiger partial charge in [0.25, 0.3) is 0 Å². The topological polar surface area (TPSA) is 52.6 Å². The van der Waals surface area contributed by atoms with Crippen LogP contribution in [0.3, 0.4) is 0 Å². The average Bonchev–Trinajstić information content (AvgIpc) is 2.36. The second kappa shape index (κ2) is 7.71. The van der Waals surface area contributed by atoms with E-state index in [9.17, 15) is 9.59 Å². The minimum Gasteiger partial charge on any atom is -0.481 e. The van der Waals surface area contributed by atoms with Gasteiger partial charge in [-0.1, -0.05) is 31.0 Å². The first-order valence-electron chi connectivity index (χ1n) is 5.71. The van der Waals surface area contributed by atoms with Crippen molar-refractivity contribution in [2.24, 2.45) is 0 Å². The summed E-state index contributed by atoms with van der Waals surface area (Å²) in [6.45, 7) is 2.16. The van der Waals surface area contributed by atoms with Crippen LogP contribution in [0.2, 0.25) is 5.02 Å². The molecule has 0 bridgehead atoms. The summed E-state index contributed by atoms with van der Waals surface area (Å²) in [5.41, 5.74) is 0.237. The first-order chi connectivity index (χ1) is 8.69. The molecule has 1 rings (SSSR count). The maximum Gasteiger partial charge on any atom is 0.344 e. The molecule has 0 aliphatic heterocycles. The van der Waals surface area contributed by atoms with Crippen LogP contribution in [-0.2, 0) is 9.53 Å². The van der Waals surface area contributed by atoms with Gasteiger partial charge in [-0.3, -0.25) is 4.79 Å². The third-order valence-corrected chi connectivity index (χ3v) is 2.57. The maximum absolute atomic E-state index is 11.3. The van der Waals surface area contributed by atoms with Gasteiger partial charge in [0.15, 0.2) is 12.9 Å². The molecule has 0 N–H and O–H groups in total. The van der Waals surface area contributed by atoms with E-state index in [1.165, 1.54) is 0 Å². The van der Waals surface area contributed by atoms with Crippen molar-refractivity contribution in [3.8, 4) is 5.75 Å². The summed E-state index contributed by atoms with van der Waals surface area (Å²) in [5, 5.41) is 0.293. The van der Waals surface area contributed by atoms with Crippen LogP contribution >= 0.6 is 11.6 Å². The van der Waals surface area contributed by atoms with Crippen LogP contribution < -0.4 is 4.74 Å². The lowest BCUT2D eigenvalue weighted by molar-refractivity contribution is -0.146. The standard InChI is InChI=1S/C13H15ClO4/c1-2-3-7-17-13(16)9-18-12-6-4-5-11(14)10(12)8-15/h4-6,8H,2-3,7,9H2,1H3. The first-order valence-corrected chi connectivity index (χ1v) is 6.09. The molecule has 5 heteroatoms. The Morgan fingerprint density at radius 1 is 1.44 bits per heavy atom. The molecule has 0 spiro atoms. The Bertz CT molecular complexity index is 417. The van der Waals surface area contributed by atoms with E-state index in [0.717, 1.165) is 12.8 Å². The molecule has 1 aromatic carbocycles. The Hall–Kier alpha value is -1.55. The number of hydrogen-bond acceptors (Lipinski definition) is 4. The highest BCUT2D eigenvalue weighted by atomic mass is 35.5. The molecule has 0 amide bonds. The lowest BCUT2D eigenvalue weighted by Crippen LogP contribution is -2.16. The Kier molecular flexibility index (Phi) is 6.22. The number of aldehydes is 1. The highest BCUT2D eigenvalue weighted by Crippen LogP contribution is 2.24. The van der Waals surface area contributed by atoms with Gasteiger partial charge in [0.05, 0.1) is 17.2 Å². The summed E-state index contributed by atoms with van der Waals surface area (Å²) >= 11 is 5.82. The van der Waals surface area contributed by atoms with Gasteiger partial charge in [0, 0.05) is 0 Å². The second-order valence-electron chi connectivity index (χ2n) is 3.63. The van der Waals surface area contributed by atoms with Crippen LogP contribution in [0.4, 0.5) is 0 Å². The average molecular weight is 271 g/mol. The van der Waals surface area contributed by atoms with Crippen molar-refractivity contribution in [3.05, 3.63) is 28.8 Å². The molecule has 0 aliphatic rings. The molecule has 0 aliphatic carbocycles. The normalized spacial score (nSPS) is 9.89. The predicted octanol–water partition coefficient (Wildman–Crippen LogP) is 2.87. The number of ether oxygens (including phenoxy) is 2. The molecular formula is C13H15ClO4. The van der Waals surface area contributed by atoms with Crippen molar-refractivity contribution in [2.45, 2.75) is 19.8 Å². The van der Waals surface area contributed by atoms with Crippen molar-refractivity contribution >= 4 is 23.9 Å². The summed E-state index contributed by atoms with van der Waals surface area (Å²) in [7, 11) is 0. The molecule has 0 fully saturated rings. The van der Waals surface area contributed by atoms with Gasteiger partial charge < -0.3 is 9.47 Å². The fourth-order valence-electron chi connectivity index (χ4n) is 1.27. The Labute approximate surface area is 111 Å². The van der Waals surface area contributed by atoms with E-state index in [1.807, 2.05) is 6.92 Å². The van der Waals surface area contributed by atoms with Crippen LogP contribution in [0.1, 0.15) is 30.1 Å². The summed E-state index contributed by atoms with van der Waals surface area (Å²) in [5.74, 6) is -0.176. The zero-order chi connectivity index (χ0) is 13.4. The van der Waals surface area contributed by atoms with Crippen molar-refractivity contribution < 1.29 is 19.1 Å². The van der Waals surface area contributed by atoms with Gasteiger partial charge in [-0.05, 0) is 18.6 Å². The van der Waals surface area contributed by atoms with Crippen LogP contribution in [-0.4, -0.2) is 25.5 Å². The van der Waals surface area contributed by atoms with Gasteiger partial charge in [0.1, 0.15) is 5.75 Å². The van der Waals surface area contributed by atoms with Gasteiger partial charge in [0.2, 0.25) is 0 Å². The van der Waals surface area contributed by atoms with E-state index >= 15 is 0 Å². The Balaban J connectivity index is 2.50. The lowest BCUT2D eigenvalue weighted by Gasteiger charge is -2.09. The zero-order valence-electron chi connectivity index (χ0n) is 10.1. The van der Waals surface area contributed by atoms with E-state index in [2.05, 4.69) is 0 Å². The molecule has 0 saturated carbocycles. The molecule has 0 aromatic heterocycles. The fourth-order valence-corrected chi connectivity index (χ4v) is 1.48. The minimum absolute atomic E-state index is 0.231. The Morgan fingerprint density at radius 3 is 2.89 bits per heavy atom. The van der Waals surface area contributed by atoms with Gasteiger partial charge in [-0.25, -0.2) is 4.79 Å². The SMILES string of the molecule is CCCCOC(=O)COc1cccc(Cl)c1C=O. The van der Waals surface area contributed by atoms with Gasteiger partial charge >= 0.3 is 5.97 Å². The highest BCUT2D eigenvalue weighted by molar-refractivity contribution is 6.33. The van der Waals surface area contributed by atoms with Gasteiger partial charge in [-0.15, -0.1) is 0 Å². The smallest absolute Gasteiger partial charge is 0.344 e. The number of benzene rings is 1. The quantitative estimate of drug-likeness (QED) is 0.434. The first kappa shape index (κ1) is 14.5. The van der Waals surface area contributed by atoms with Crippen molar-refractivity contribution in [2.75, 3.05) is 13.2 Å². The number of unbranched alkanes of at least 4 members (excludes halogenated alkanes) is 1. The minimum atomic E-state index is -0.458. The number of hydrogen-bond donors (Lipinski definition) is 0. The summed E-state index contributed by atoms with van der Waals surface area (Å²) in [6.07, 6.45) is 2.38. The number of halogens is 1. The van der Waals surface area contributed by atoms with Crippen molar-refractivity contribution in [1.29, 1.82) is 0 Å². The molecule has 0 unspecified atom stereocenters. The number of esters is 1. The van der Waals surface area contributed by atoms with E-state index in [0.29, 0.717) is 17.9 Å².